The van der Waals surface area contributed by atoms with Gasteiger partial charge in [0.15, 0.2) is 0 Å². The van der Waals surface area contributed by atoms with Crippen molar-refractivity contribution in [3.05, 3.63) is 0 Å². The van der Waals surface area contributed by atoms with Crippen LogP contribution in [0.15, 0.2) is 0 Å². The Bertz CT molecular complexity index is 170. The van der Waals surface area contributed by atoms with Crippen LogP contribution in [-0.2, 0) is 0 Å². The number of aliphatic hydroxyl groups is 1. The molecule has 2 fully saturated rings. The predicted octanol–water partition coefficient (Wildman–Crippen LogP) is 1.34. The molecule has 13 heavy (non-hydrogen) atoms. The molecule has 0 aromatic carbocycles. The Morgan fingerprint density at radius 3 is 2.69 bits per heavy atom. The number of hydrogen-bond acceptors (Lipinski definition) is 3. The van der Waals surface area contributed by atoms with E-state index in [0.29, 0.717) is 6.04 Å². The van der Waals surface area contributed by atoms with Crippen LogP contribution in [0.25, 0.3) is 0 Å². The van der Waals surface area contributed by atoms with Gasteiger partial charge in [0.25, 0.3) is 0 Å². The van der Waals surface area contributed by atoms with Crippen molar-refractivity contribution in [2.24, 2.45) is 0 Å². The molecule has 1 heterocycles. The number of aliphatic hydroxyl groups excluding tert-OH is 1. The fourth-order valence-electron chi connectivity index (χ4n) is 2.51. The summed E-state index contributed by atoms with van der Waals surface area (Å²) < 4.78 is 0. The first-order valence-electron chi connectivity index (χ1n) is 5.27. The van der Waals surface area contributed by atoms with Crippen LogP contribution in [0.5, 0.6) is 0 Å². The summed E-state index contributed by atoms with van der Waals surface area (Å²) in [6.07, 6.45) is 4.66. The Morgan fingerprint density at radius 1 is 1.31 bits per heavy atom. The van der Waals surface area contributed by atoms with Gasteiger partial charge in [0, 0.05) is 17.8 Å². The molecule has 3 atom stereocenters. The van der Waals surface area contributed by atoms with Gasteiger partial charge < -0.3 is 5.11 Å². The average Bonchev–Trinajstić information content (AvgIpc) is 2.72. The molecule has 1 N–H and O–H groups in total. The highest BCUT2D eigenvalue weighted by Gasteiger charge is 2.33. The molecule has 3 heteroatoms. The molecule has 2 aliphatic rings. The third-order valence-electron chi connectivity index (χ3n) is 3.45. The van der Waals surface area contributed by atoms with E-state index in [1.807, 2.05) is 11.8 Å². The minimum atomic E-state index is -0.0596. The first kappa shape index (κ1) is 9.81. The summed E-state index contributed by atoms with van der Waals surface area (Å²) in [6, 6.07) is 1.17. The summed E-state index contributed by atoms with van der Waals surface area (Å²) in [5, 5.41) is 9.77. The van der Waals surface area contributed by atoms with Gasteiger partial charge in [-0.3, -0.25) is 4.90 Å². The monoisotopic (exact) mass is 201 g/mol. The molecule has 0 spiro atoms. The Morgan fingerprint density at radius 2 is 2.15 bits per heavy atom. The number of thioether (sulfide) groups is 1. The maximum atomic E-state index is 9.77. The van der Waals surface area contributed by atoms with E-state index < -0.39 is 0 Å². The zero-order valence-electron chi connectivity index (χ0n) is 8.28. The summed E-state index contributed by atoms with van der Waals surface area (Å²) in [5.74, 6) is 2.57. The number of hydrogen-bond donors (Lipinski definition) is 1. The van der Waals surface area contributed by atoms with Crippen molar-refractivity contribution in [3.63, 3.8) is 0 Å². The highest BCUT2D eigenvalue weighted by molar-refractivity contribution is 7.99. The van der Waals surface area contributed by atoms with Crippen molar-refractivity contribution in [1.29, 1.82) is 0 Å². The van der Waals surface area contributed by atoms with Crippen molar-refractivity contribution in [3.8, 4) is 0 Å². The van der Waals surface area contributed by atoms with Crippen LogP contribution in [0.2, 0.25) is 0 Å². The highest BCUT2D eigenvalue weighted by atomic mass is 32.2. The van der Waals surface area contributed by atoms with Crippen molar-refractivity contribution in [1.82, 2.24) is 4.90 Å². The number of rotatable bonds is 2. The van der Waals surface area contributed by atoms with Crippen molar-refractivity contribution in [2.45, 2.75) is 43.9 Å². The Labute approximate surface area is 84.7 Å². The van der Waals surface area contributed by atoms with Crippen LogP contribution >= 0.6 is 11.8 Å². The quantitative estimate of drug-likeness (QED) is 0.729. The van der Waals surface area contributed by atoms with Crippen LogP contribution < -0.4 is 0 Å². The van der Waals surface area contributed by atoms with Gasteiger partial charge in [-0.2, -0.15) is 11.8 Å². The molecule has 2 rings (SSSR count). The second-order valence-electron chi connectivity index (χ2n) is 4.25. The second kappa shape index (κ2) is 4.20. The van der Waals surface area contributed by atoms with Gasteiger partial charge in [-0.05, 0) is 38.5 Å². The smallest absolute Gasteiger partial charge is 0.0695 e. The van der Waals surface area contributed by atoms with E-state index in [-0.39, 0.29) is 6.10 Å². The number of nitrogens with zero attached hydrogens (tertiary/aromatic N) is 1. The number of likely N-dealkylation sites (N-methyl/N-ethyl adjacent to an activating group) is 1. The fraction of sp³-hybridized carbons (Fsp3) is 1.00. The minimum absolute atomic E-state index is 0.0596. The van der Waals surface area contributed by atoms with Crippen LogP contribution in [0.1, 0.15) is 25.7 Å². The maximum Gasteiger partial charge on any atom is 0.0695 e. The van der Waals surface area contributed by atoms with Gasteiger partial charge in [-0.1, -0.05) is 0 Å². The van der Waals surface area contributed by atoms with Crippen molar-refractivity contribution in [2.75, 3.05) is 18.6 Å². The van der Waals surface area contributed by atoms with Crippen LogP contribution in [-0.4, -0.2) is 46.7 Å². The predicted molar refractivity (Wildman–Crippen MR) is 57.1 cm³/mol. The molecule has 1 aliphatic heterocycles. The lowest BCUT2D eigenvalue weighted by Crippen LogP contribution is -2.44. The van der Waals surface area contributed by atoms with Crippen molar-refractivity contribution < 1.29 is 5.11 Å². The Kier molecular flexibility index (Phi) is 3.17. The first-order chi connectivity index (χ1) is 6.29. The summed E-state index contributed by atoms with van der Waals surface area (Å²) >= 11 is 2.05. The van der Waals surface area contributed by atoms with Gasteiger partial charge in [-0.15, -0.1) is 0 Å². The largest absolute Gasteiger partial charge is 0.391 e. The molecule has 2 nitrogen and oxygen atoms in total. The Balaban J connectivity index is 1.91. The zero-order valence-corrected chi connectivity index (χ0v) is 9.09. The van der Waals surface area contributed by atoms with Crippen LogP contribution in [0, 0.1) is 0 Å². The van der Waals surface area contributed by atoms with E-state index >= 15 is 0 Å². The second-order valence-corrected chi connectivity index (χ2v) is 5.40. The van der Waals surface area contributed by atoms with Gasteiger partial charge in [0.2, 0.25) is 0 Å². The van der Waals surface area contributed by atoms with Crippen LogP contribution in [0.3, 0.4) is 0 Å². The Hall–Kier alpha value is 0.270. The zero-order chi connectivity index (χ0) is 9.26. The molecule has 0 aromatic heterocycles. The van der Waals surface area contributed by atoms with E-state index in [1.165, 1.54) is 30.8 Å². The molecule has 0 aromatic rings. The third kappa shape index (κ3) is 2.03. The third-order valence-corrected chi connectivity index (χ3v) is 4.59. The summed E-state index contributed by atoms with van der Waals surface area (Å²) in [4.78, 5) is 2.43. The highest BCUT2D eigenvalue weighted by Crippen LogP contribution is 2.29. The molecule has 76 valence electrons. The minimum Gasteiger partial charge on any atom is -0.391 e. The van der Waals surface area contributed by atoms with Gasteiger partial charge in [0.05, 0.1) is 6.10 Å². The van der Waals surface area contributed by atoms with Gasteiger partial charge >= 0.3 is 0 Å². The van der Waals surface area contributed by atoms with Crippen LogP contribution in [0.4, 0.5) is 0 Å². The van der Waals surface area contributed by atoms with Gasteiger partial charge in [-0.25, -0.2) is 0 Å². The summed E-state index contributed by atoms with van der Waals surface area (Å²) in [5.41, 5.74) is 0. The van der Waals surface area contributed by atoms with E-state index in [0.717, 1.165) is 12.5 Å². The lowest BCUT2D eigenvalue weighted by molar-refractivity contribution is 0.0674. The molecule has 1 saturated heterocycles. The molecular weight excluding hydrogens is 182 g/mol. The summed E-state index contributed by atoms with van der Waals surface area (Å²) in [6.45, 7) is 0. The molecule has 1 aliphatic carbocycles. The fourth-order valence-corrected chi connectivity index (χ4v) is 3.79. The molecule has 0 amide bonds. The molecule has 1 saturated carbocycles. The standard InChI is InChI=1S/C10H19NOS/c1-11(8-5-6-13-7-8)9-3-2-4-10(9)12/h8-10,12H,2-7H2,1H3/t8?,9-,10-/m1/s1. The normalized spacial score (nSPS) is 40.4. The van der Waals surface area contributed by atoms with Gasteiger partial charge in [0.1, 0.15) is 0 Å². The van der Waals surface area contributed by atoms with E-state index in [9.17, 15) is 5.11 Å². The molecule has 0 bridgehead atoms. The van der Waals surface area contributed by atoms with E-state index in [1.54, 1.807) is 0 Å². The SMILES string of the molecule is CN(C1CCSC1)[C@@H]1CCC[C@H]1O. The maximum absolute atomic E-state index is 9.77. The summed E-state index contributed by atoms with van der Waals surface area (Å²) in [7, 11) is 2.19. The van der Waals surface area contributed by atoms with E-state index in [2.05, 4.69) is 11.9 Å². The lowest BCUT2D eigenvalue weighted by atomic mass is 10.1. The molecule has 1 unspecified atom stereocenters. The lowest BCUT2D eigenvalue weighted by Gasteiger charge is -2.31. The molecular formula is C10H19NOS. The van der Waals surface area contributed by atoms with Crippen molar-refractivity contribution >= 4 is 11.8 Å². The molecule has 0 radical (unpaired) electrons. The topological polar surface area (TPSA) is 23.5 Å². The van der Waals surface area contributed by atoms with E-state index in [4.69, 9.17) is 0 Å². The first-order valence-corrected chi connectivity index (χ1v) is 6.42. The average molecular weight is 201 g/mol.